The summed E-state index contributed by atoms with van der Waals surface area (Å²) in [5.74, 6) is -0.326. The van der Waals surface area contributed by atoms with E-state index >= 15 is 0 Å². The number of rotatable bonds is 2. The number of fused-ring (bicyclic) bond motifs is 1. The molecular weight excluding hydrogens is 206 g/mol. The van der Waals surface area contributed by atoms with Crippen molar-refractivity contribution < 1.29 is 9.90 Å². The fourth-order valence-corrected chi connectivity index (χ4v) is 1.85. The van der Waals surface area contributed by atoms with Gasteiger partial charge in [0, 0.05) is 11.8 Å². The van der Waals surface area contributed by atoms with E-state index in [0.717, 1.165) is 12.0 Å². The summed E-state index contributed by atoms with van der Waals surface area (Å²) in [6.45, 7) is 5.48. The second-order valence-corrected chi connectivity index (χ2v) is 3.69. The third-order valence-corrected chi connectivity index (χ3v) is 2.65. The molecule has 2 heterocycles. The zero-order chi connectivity index (χ0) is 11.9. The molecule has 0 fully saturated rings. The van der Waals surface area contributed by atoms with Gasteiger partial charge in [-0.25, -0.2) is 14.8 Å². The lowest BCUT2D eigenvalue weighted by Gasteiger charge is -2.04. The van der Waals surface area contributed by atoms with Crippen molar-refractivity contribution in [1.82, 2.24) is 14.4 Å². The van der Waals surface area contributed by atoms with Crippen LogP contribution >= 0.6 is 0 Å². The van der Waals surface area contributed by atoms with Crippen LogP contribution in [0.3, 0.4) is 0 Å². The molecular formula is C11H13N3O2. The number of aromatic nitrogens is 3. The lowest BCUT2D eigenvalue weighted by atomic mass is 10.2. The lowest BCUT2D eigenvalue weighted by molar-refractivity contribution is 0.0688. The average molecular weight is 219 g/mol. The van der Waals surface area contributed by atoms with Crippen LogP contribution in [0.1, 0.15) is 34.5 Å². The Bertz CT molecular complexity index is 572. The molecule has 0 aliphatic carbocycles. The van der Waals surface area contributed by atoms with E-state index in [2.05, 4.69) is 9.97 Å². The van der Waals surface area contributed by atoms with Gasteiger partial charge in [-0.1, -0.05) is 6.92 Å². The fourth-order valence-electron chi connectivity index (χ4n) is 1.85. The van der Waals surface area contributed by atoms with E-state index in [4.69, 9.17) is 5.11 Å². The third-order valence-electron chi connectivity index (χ3n) is 2.65. The summed E-state index contributed by atoms with van der Waals surface area (Å²) < 4.78 is 1.61. The molecule has 0 amide bonds. The molecule has 0 aliphatic rings. The number of carboxylic acids is 1. The van der Waals surface area contributed by atoms with Crippen LogP contribution in [0.25, 0.3) is 5.65 Å². The van der Waals surface area contributed by atoms with Crippen molar-refractivity contribution >= 4 is 11.6 Å². The van der Waals surface area contributed by atoms with Gasteiger partial charge in [-0.05, 0) is 20.3 Å². The first kappa shape index (κ1) is 10.6. The summed E-state index contributed by atoms with van der Waals surface area (Å²) in [7, 11) is 0. The molecule has 0 aliphatic heterocycles. The highest BCUT2D eigenvalue weighted by Gasteiger charge is 2.18. The molecule has 0 radical (unpaired) electrons. The molecule has 0 saturated heterocycles. The van der Waals surface area contributed by atoms with Crippen molar-refractivity contribution in [2.45, 2.75) is 27.2 Å². The minimum atomic E-state index is -0.969. The van der Waals surface area contributed by atoms with Gasteiger partial charge in [-0.2, -0.15) is 0 Å². The maximum atomic E-state index is 11.2. The molecule has 0 spiro atoms. The maximum absolute atomic E-state index is 11.2. The number of aryl methyl sites for hydroxylation is 3. The van der Waals surface area contributed by atoms with Crippen LogP contribution < -0.4 is 0 Å². The number of nitrogens with zero attached hydrogens (tertiary/aromatic N) is 3. The van der Waals surface area contributed by atoms with Crippen LogP contribution in [-0.4, -0.2) is 25.4 Å². The summed E-state index contributed by atoms with van der Waals surface area (Å²) in [4.78, 5) is 19.7. The topological polar surface area (TPSA) is 67.5 Å². The summed E-state index contributed by atoms with van der Waals surface area (Å²) in [6.07, 6.45) is 2.54. The van der Waals surface area contributed by atoms with Crippen LogP contribution in [0.2, 0.25) is 0 Å². The van der Waals surface area contributed by atoms with Gasteiger partial charge in [0.2, 0.25) is 0 Å². The van der Waals surface area contributed by atoms with Gasteiger partial charge in [-0.3, -0.25) is 4.40 Å². The van der Waals surface area contributed by atoms with Crippen molar-refractivity contribution in [1.29, 1.82) is 0 Å². The average Bonchev–Trinajstić information content (AvgIpc) is 2.57. The number of carboxylic acid groups (broad SMARTS) is 1. The predicted molar refractivity (Wildman–Crippen MR) is 58.8 cm³/mol. The monoisotopic (exact) mass is 219 g/mol. The standard InChI is InChI=1S/C11H13N3O2/c1-4-8-5-12-7(3)14-9(11(15)16)6(2)13-10(8)14/h5H,4H2,1-3H3,(H,15,16). The van der Waals surface area contributed by atoms with E-state index in [1.807, 2.05) is 6.92 Å². The molecule has 0 bridgehead atoms. The first-order chi connectivity index (χ1) is 7.56. The number of imidazole rings is 1. The normalized spacial score (nSPS) is 10.9. The van der Waals surface area contributed by atoms with E-state index in [9.17, 15) is 4.79 Å². The summed E-state index contributed by atoms with van der Waals surface area (Å²) in [6, 6.07) is 0. The Labute approximate surface area is 92.8 Å². The smallest absolute Gasteiger partial charge is 0.354 e. The van der Waals surface area contributed by atoms with Crippen LogP contribution in [-0.2, 0) is 6.42 Å². The molecule has 84 valence electrons. The van der Waals surface area contributed by atoms with E-state index in [1.165, 1.54) is 0 Å². The van der Waals surface area contributed by atoms with Crippen molar-refractivity contribution in [3.05, 3.63) is 29.0 Å². The molecule has 0 unspecified atom stereocenters. The Hall–Kier alpha value is -1.91. The van der Waals surface area contributed by atoms with Gasteiger partial charge < -0.3 is 5.11 Å². The third kappa shape index (κ3) is 1.36. The van der Waals surface area contributed by atoms with Gasteiger partial charge in [-0.15, -0.1) is 0 Å². The molecule has 1 N–H and O–H groups in total. The maximum Gasteiger partial charge on any atom is 0.354 e. The highest BCUT2D eigenvalue weighted by molar-refractivity contribution is 5.88. The number of hydrogen-bond acceptors (Lipinski definition) is 3. The first-order valence-electron chi connectivity index (χ1n) is 5.13. The van der Waals surface area contributed by atoms with Gasteiger partial charge in [0.05, 0.1) is 5.69 Å². The fraction of sp³-hybridized carbons (Fsp3) is 0.364. The van der Waals surface area contributed by atoms with E-state index < -0.39 is 5.97 Å². The summed E-state index contributed by atoms with van der Waals surface area (Å²) in [5.41, 5.74) is 2.39. The van der Waals surface area contributed by atoms with Crippen molar-refractivity contribution in [2.24, 2.45) is 0 Å². The molecule has 0 atom stereocenters. The molecule has 16 heavy (non-hydrogen) atoms. The van der Waals surface area contributed by atoms with Crippen molar-refractivity contribution in [2.75, 3.05) is 0 Å². The first-order valence-corrected chi connectivity index (χ1v) is 5.13. The Morgan fingerprint density at radius 3 is 2.75 bits per heavy atom. The van der Waals surface area contributed by atoms with Gasteiger partial charge >= 0.3 is 5.97 Å². The molecule has 0 aromatic carbocycles. The van der Waals surface area contributed by atoms with E-state index in [0.29, 0.717) is 17.2 Å². The number of hydrogen-bond donors (Lipinski definition) is 1. The van der Waals surface area contributed by atoms with E-state index in [-0.39, 0.29) is 5.69 Å². The Morgan fingerprint density at radius 1 is 1.50 bits per heavy atom. The lowest BCUT2D eigenvalue weighted by Crippen LogP contribution is -2.08. The molecule has 5 nitrogen and oxygen atoms in total. The molecule has 2 aromatic heterocycles. The largest absolute Gasteiger partial charge is 0.477 e. The van der Waals surface area contributed by atoms with Crippen LogP contribution in [0.4, 0.5) is 0 Å². The highest BCUT2D eigenvalue weighted by atomic mass is 16.4. The summed E-state index contributed by atoms with van der Waals surface area (Å²) >= 11 is 0. The molecule has 5 heteroatoms. The van der Waals surface area contributed by atoms with Gasteiger partial charge in [0.1, 0.15) is 11.5 Å². The molecule has 2 rings (SSSR count). The minimum absolute atomic E-state index is 0.204. The van der Waals surface area contributed by atoms with Crippen LogP contribution in [0, 0.1) is 13.8 Å². The number of aromatic carboxylic acids is 1. The minimum Gasteiger partial charge on any atom is -0.477 e. The van der Waals surface area contributed by atoms with Gasteiger partial charge in [0.25, 0.3) is 0 Å². The van der Waals surface area contributed by atoms with Crippen LogP contribution in [0.15, 0.2) is 6.20 Å². The quantitative estimate of drug-likeness (QED) is 0.833. The predicted octanol–water partition coefficient (Wildman–Crippen LogP) is 1.61. The van der Waals surface area contributed by atoms with Crippen molar-refractivity contribution in [3.8, 4) is 0 Å². The van der Waals surface area contributed by atoms with E-state index in [1.54, 1.807) is 24.4 Å². The Morgan fingerprint density at radius 2 is 2.19 bits per heavy atom. The molecule has 2 aromatic rings. The summed E-state index contributed by atoms with van der Waals surface area (Å²) in [5, 5.41) is 9.15. The Kier molecular flexibility index (Phi) is 2.38. The SMILES string of the molecule is CCc1cnc(C)n2c(C(=O)O)c(C)nc12. The van der Waals surface area contributed by atoms with Crippen LogP contribution in [0.5, 0.6) is 0 Å². The molecule has 0 saturated carbocycles. The zero-order valence-corrected chi connectivity index (χ0v) is 9.48. The van der Waals surface area contributed by atoms with Gasteiger partial charge in [0.15, 0.2) is 5.69 Å². The number of carbonyl (C=O) groups is 1. The second kappa shape index (κ2) is 3.59. The van der Waals surface area contributed by atoms with Crippen molar-refractivity contribution in [3.63, 3.8) is 0 Å². The second-order valence-electron chi connectivity index (χ2n) is 3.69. The Balaban J connectivity index is 2.93. The highest BCUT2D eigenvalue weighted by Crippen LogP contribution is 2.17. The zero-order valence-electron chi connectivity index (χ0n) is 9.48.